The Balaban J connectivity index is 1.55. The van der Waals surface area contributed by atoms with E-state index in [4.69, 9.17) is 12.2 Å². The van der Waals surface area contributed by atoms with Gasteiger partial charge in [-0.2, -0.15) is 5.26 Å². The molecule has 0 bridgehead atoms. The Morgan fingerprint density at radius 3 is 2.69 bits per heavy atom. The standard InChI is InChI=1S/C23H20FN5O2S/c1-2-8-29-22(31)16-7-6-15(13-19(16)26-23(29)32)21(30)28-11-9-27(10-12-28)20-5-3-4-18(24)17(20)14-25/h2-7,13H,1,8-12H2,(H,26,32). The number of nitrogens with one attached hydrogen (secondary N) is 1. The maximum atomic E-state index is 13.9. The number of aromatic amines is 1. The van der Waals surface area contributed by atoms with Crippen molar-refractivity contribution in [1.29, 1.82) is 5.26 Å². The van der Waals surface area contributed by atoms with Crippen molar-refractivity contribution in [2.45, 2.75) is 6.54 Å². The first-order chi connectivity index (χ1) is 15.4. The van der Waals surface area contributed by atoms with Crippen LogP contribution in [-0.4, -0.2) is 46.5 Å². The van der Waals surface area contributed by atoms with Crippen LogP contribution >= 0.6 is 12.2 Å². The van der Waals surface area contributed by atoms with Crippen LogP contribution in [0.5, 0.6) is 0 Å². The van der Waals surface area contributed by atoms with E-state index < -0.39 is 5.82 Å². The fraction of sp³-hybridized carbons (Fsp3) is 0.217. The summed E-state index contributed by atoms with van der Waals surface area (Å²) in [7, 11) is 0. The summed E-state index contributed by atoms with van der Waals surface area (Å²) in [5.41, 5.74) is 1.26. The van der Waals surface area contributed by atoms with Gasteiger partial charge in [-0.25, -0.2) is 4.39 Å². The second kappa shape index (κ2) is 8.77. The highest BCUT2D eigenvalue weighted by atomic mass is 32.1. The maximum absolute atomic E-state index is 13.9. The molecule has 1 fully saturated rings. The summed E-state index contributed by atoms with van der Waals surface area (Å²) in [5.74, 6) is -0.718. The molecule has 0 unspecified atom stereocenters. The molecule has 1 amide bonds. The van der Waals surface area contributed by atoms with Gasteiger partial charge in [-0.1, -0.05) is 12.1 Å². The van der Waals surface area contributed by atoms with Crippen LogP contribution < -0.4 is 10.5 Å². The highest BCUT2D eigenvalue weighted by molar-refractivity contribution is 7.71. The molecular formula is C23H20FN5O2S. The highest BCUT2D eigenvalue weighted by Crippen LogP contribution is 2.24. The normalized spacial score (nSPS) is 13.8. The predicted molar refractivity (Wildman–Crippen MR) is 123 cm³/mol. The molecule has 1 aromatic heterocycles. The number of H-pyrrole nitrogens is 1. The summed E-state index contributed by atoms with van der Waals surface area (Å²) >= 11 is 5.26. The molecule has 1 aliphatic rings. The van der Waals surface area contributed by atoms with E-state index in [0.717, 1.165) is 0 Å². The minimum atomic E-state index is -0.552. The summed E-state index contributed by atoms with van der Waals surface area (Å²) in [6.45, 7) is 5.75. The van der Waals surface area contributed by atoms with Gasteiger partial charge in [0.25, 0.3) is 11.5 Å². The Labute approximate surface area is 188 Å². The Kier molecular flexibility index (Phi) is 5.88. The van der Waals surface area contributed by atoms with Crippen molar-refractivity contribution in [1.82, 2.24) is 14.5 Å². The molecule has 9 heteroatoms. The van der Waals surface area contributed by atoms with Crippen molar-refractivity contribution in [2.24, 2.45) is 0 Å². The van der Waals surface area contributed by atoms with E-state index >= 15 is 0 Å². The van der Waals surface area contributed by atoms with E-state index in [2.05, 4.69) is 11.6 Å². The zero-order valence-electron chi connectivity index (χ0n) is 17.2. The Morgan fingerprint density at radius 2 is 2.00 bits per heavy atom. The number of hydrogen-bond acceptors (Lipinski definition) is 5. The largest absolute Gasteiger partial charge is 0.367 e. The lowest BCUT2D eigenvalue weighted by atomic mass is 10.1. The van der Waals surface area contributed by atoms with Crippen LogP contribution in [0.15, 0.2) is 53.8 Å². The average Bonchev–Trinajstić information content (AvgIpc) is 2.81. The van der Waals surface area contributed by atoms with E-state index in [1.54, 1.807) is 41.3 Å². The summed E-state index contributed by atoms with van der Waals surface area (Å²) in [5, 5.41) is 9.71. The Morgan fingerprint density at radius 1 is 1.25 bits per heavy atom. The minimum Gasteiger partial charge on any atom is -0.367 e. The number of aromatic nitrogens is 2. The smallest absolute Gasteiger partial charge is 0.262 e. The SMILES string of the molecule is C=CCn1c(=S)[nH]c2cc(C(=O)N3CCN(c4cccc(F)c4C#N)CC3)ccc2c1=O. The monoisotopic (exact) mass is 449 g/mol. The highest BCUT2D eigenvalue weighted by Gasteiger charge is 2.24. The number of allylic oxidation sites excluding steroid dienone is 1. The molecule has 0 saturated carbocycles. The zero-order valence-corrected chi connectivity index (χ0v) is 18.0. The molecule has 1 aliphatic heterocycles. The van der Waals surface area contributed by atoms with Gasteiger partial charge in [0.15, 0.2) is 4.77 Å². The lowest BCUT2D eigenvalue weighted by Gasteiger charge is -2.36. The molecule has 0 atom stereocenters. The average molecular weight is 450 g/mol. The molecule has 32 heavy (non-hydrogen) atoms. The number of nitrogens with zero attached hydrogens (tertiary/aromatic N) is 4. The van der Waals surface area contributed by atoms with Gasteiger partial charge >= 0.3 is 0 Å². The van der Waals surface area contributed by atoms with Gasteiger partial charge in [-0.3, -0.25) is 14.2 Å². The number of carbonyl (C=O) groups is 1. The first kappa shape index (κ1) is 21.5. The summed E-state index contributed by atoms with van der Waals surface area (Å²) in [6, 6.07) is 11.4. The van der Waals surface area contributed by atoms with Crippen LogP contribution in [0.1, 0.15) is 15.9 Å². The number of amides is 1. The van der Waals surface area contributed by atoms with Gasteiger partial charge < -0.3 is 14.8 Å². The maximum Gasteiger partial charge on any atom is 0.262 e. The fourth-order valence-electron chi connectivity index (χ4n) is 3.90. The number of carbonyl (C=O) groups excluding carboxylic acids is 1. The van der Waals surface area contributed by atoms with E-state index in [1.165, 1.54) is 10.6 Å². The van der Waals surface area contributed by atoms with Crippen molar-refractivity contribution < 1.29 is 9.18 Å². The molecule has 1 N–H and O–H groups in total. The molecule has 1 saturated heterocycles. The van der Waals surface area contributed by atoms with Gasteiger partial charge in [0.05, 0.1) is 16.6 Å². The second-order valence-corrected chi connectivity index (χ2v) is 7.81. The van der Waals surface area contributed by atoms with Crippen LogP contribution in [0.4, 0.5) is 10.1 Å². The molecule has 7 nitrogen and oxygen atoms in total. The van der Waals surface area contributed by atoms with Crippen molar-refractivity contribution in [3.05, 3.63) is 81.1 Å². The van der Waals surface area contributed by atoms with Crippen LogP contribution in [-0.2, 0) is 6.54 Å². The zero-order chi connectivity index (χ0) is 22.8. The van der Waals surface area contributed by atoms with Gasteiger partial charge in [0, 0.05) is 38.3 Å². The van der Waals surface area contributed by atoms with E-state index in [9.17, 15) is 19.2 Å². The van der Waals surface area contributed by atoms with E-state index in [1.807, 2.05) is 11.0 Å². The number of halogens is 1. The van der Waals surface area contributed by atoms with Gasteiger partial charge in [-0.05, 0) is 42.5 Å². The van der Waals surface area contributed by atoms with Crippen molar-refractivity contribution in [2.75, 3.05) is 31.1 Å². The van der Waals surface area contributed by atoms with Gasteiger partial charge in [-0.15, -0.1) is 6.58 Å². The van der Waals surface area contributed by atoms with Gasteiger partial charge in [0.2, 0.25) is 0 Å². The first-order valence-electron chi connectivity index (χ1n) is 10.0. The molecule has 0 aliphatic carbocycles. The predicted octanol–water partition coefficient (Wildman–Crippen LogP) is 3.22. The molecule has 0 spiro atoms. The molecule has 4 rings (SSSR count). The summed E-state index contributed by atoms with van der Waals surface area (Å²) in [6.07, 6.45) is 1.60. The molecule has 0 radical (unpaired) electrons. The minimum absolute atomic E-state index is 0.0131. The van der Waals surface area contributed by atoms with Crippen molar-refractivity contribution in [3.63, 3.8) is 0 Å². The number of rotatable bonds is 4. The van der Waals surface area contributed by atoms with Crippen LogP contribution in [0, 0.1) is 21.9 Å². The topological polar surface area (TPSA) is 85.1 Å². The van der Waals surface area contributed by atoms with Crippen molar-refractivity contribution >= 4 is 34.7 Å². The lowest BCUT2D eigenvalue weighted by molar-refractivity contribution is 0.0747. The van der Waals surface area contributed by atoms with E-state index in [-0.39, 0.29) is 21.8 Å². The number of piperazine rings is 1. The molecule has 162 valence electrons. The molecule has 2 aromatic carbocycles. The molecule has 2 heterocycles. The number of anilines is 1. The van der Waals surface area contributed by atoms with Crippen LogP contribution in [0.3, 0.4) is 0 Å². The second-order valence-electron chi connectivity index (χ2n) is 7.42. The fourth-order valence-corrected chi connectivity index (χ4v) is 4.17. The first-order valence-corrected chi connectivity index (χ1v) is 10.5. The third kappa shape index (κ3) is 3.81. The third-order valence-electron chi connectivity index (χ3n) is 5.55. The van der Waals surface area contributed by atoms with Crippen LogP contribution in [0.25, 0.3) is 10.9 Å². The number of hydrogen-bond donors (Lipinski definition) is 1. The number of benzene rings is 2. The Hall–Kier alpha value is -3.77. The Bertz CT molecular complexity index is 1380. The van der Waals surface area contributed by atoms with Gasteiger partial charge in [0.1, 0.15) is 17.4 Å². The molecule has 3 aromatic rings. The number of nitriles is 1. The quantitative estimate of drug-likeness (QED) is 0.488. The molecular weight excluding hydrogens is 429 g/mol. The van der Waals surface area contributed by atoms with Crippen molar-refractivity contribution in [3.8, 4) is 6.07 Å². The summed E-state index contributed by atoms with van der Waals surface area (Å²) < 4.78 is 15.6. The third-order valence-corrected chi connectivity index (χ3v) is 5.87. The summed E-state index contributed by atoms with van der Waals surface area (Å²) in [4.78, 5) is 32.3. The lowest BCUT2D eigenvalue weighted by Crippen LogP contribution is -2.49. The van der Waals surface area contributed by atoms with E-state index in [0.29, 0.717) is 54.9 Å². The van der Waals surface area contributed by atoms with Crippen LogP contribution in [0.2, 0.25) is 0 Å². The number of fused-ring (bicyclic) bond motifs is 1.